The number of hydrogen-bond acceptors (Lipinski definition) is 10. The van der Waals surface area contributed by atoms with Gasteiger partial charge in [0.05, 0.1) is 7.11 Å². The van der Waals surface area contributed by atoms with Crippen LogP contribution < -0.4 is 15.6 Å². The number of nitrogens with one attached hydrogen (secondary N) is 1. The molecule has 0 aromatic carbocycles. The van der Waals surface area contributed by atoms with Crippen molar-refractivity contribution in [2.75, 3.05) is 19.5 Å². The summed E-state index contributed by atoms with van der Waals surface area (Å²) < 4.78 is 16.2. The Hall–Kier alpha value is -2.05. The molecule has 2 rings (SSSR count). The third-order valence-electron chi connectivity index (χ3n) is 3.87. The number of Topliss-reactive ketones (excluding diaryl/α,β-unsaturated/α-hetero) is 1. The number of rotatable bonds is 5. The van der Waals surface area contributed by atoms with Crippen LogP contribution in [0.1, 0.15) is 17.3 Å². The van der Waals surface area contributed by atoms with E-state index in [1.54, 1.807) is 0 Å². The maximum absolute atomic E-state index is 12.3. The van der Waals surface area contributed by atoms with E-state index in [0.29, 0.717) is 0 Å². The van der Waals surface area contributed by atoms with Crippen LogP contribution in [0.5, 0.6) is 6.01 Å². The van der Waals surface area contributed by atoms with Gasteiger partial charge in [0, 0.05) is 14.2 Å². The maximum atomic E-state index is 12.3. The van der Waals surface area contributed by atoms with E-state index in [0.717, 1.165) is 4.57 Å². The van der Waals surface area contributed by atoms with Crippen LogP contribution in [0.3, 0.4) is 0 Å². The van der Waals surface area contributed by atoms with Crippen LogP contribution >= 0.6 is 0 Å². The number of hydrogen-bond donors (Lipinski definition) is 4. The Balaban J connectivity index is 2.43. The number of carbonyl (C=O) groups is 1. The highest BCUT2D eigenvalue weighted by atomic mass is 16.7. The number of nitrogens with zero attached hydrogens (tertiary/aromatic N) is 2. The lowest BCUT2D eigenvalue weighted by Gasteiger charge is -2.40. The van der Waals surface area contributed by atoms with E-state index in [4.69, 9.17) is 14.2 Å². The Morgan fingerprint density at radius 2 is 1.88 bits per heavy atom. The van der Waals surface area contributed by atoms with Gasteiger partial charge in [0.15, 0.2) is 18.3 Å². The minimum Gasteiger partial charge on any atom is -0.468 e. The molecular weight excluding hydrogens is 338 g/mol. The van der Waals surface area contributed by atoms with Crippen molar-refractivity contribution in [2.24, 2.45) is 7.05 Å². The first kappa shape index (κ1) is 19.3. The van der Waals surface area contributed by atoms with Crippen LogP contribution in [-0.4, -0.2) is 75.7 Å². The van der Waals surface area contributed by atoms with Crippen LogP contribution in [0, 0.1) is 0 Å². The zero-order valence-corrected chi connectivity index (χ0v) is 14.2. The standard InChI is InChI=1S/C14H21N3O8/c1-5(18)6-10(16-14(24-4)17(2)12(6)22)15-11-8(20)7(19)9(21)13(23-3)25-11/h7-9,11,13,15,19-21H,1-4H3/t7-,8+,9-,11+,13+/m0/s1. The maximum Gasteiger partial charge on any atom is 0.300 e. The fraction of sp³-hybridized carbons (Fsp3) is 0.643. The number of aliphatic hydroxyl groups is 3. The fourth-order valence-electron chi connectivity index (χ4n) is 2.48. The first-order valence-electron chi connectivity index (χ1n) is 7.37. The first-order valence-corrected chi connectivity index (χ1v) is 7.37. The van der Waals surface area contributed by atoms with E-state index >= 15 is 0 Å². The number of aromatic nitrogens is 2. The average molecular weight is 359 g/mol. The zero-order valence-electron chi connectivity index (χ0n) is 14.2. The van der Waals surface area contributed by atoms with Crippen LogP contribution in [0.4, 0.5) is 5.82 Å². The molecule has 1 aromatic rings. The lowest BCUT2D eigenvalue weighted by atomic mass is 10.0. The molecule has 1 aliphatic heterocycles. The molecule has 1 saturated heterocycles. The monoisotopic (exact) mass is 359 g/mol. The van der Waals surface area contributed by atoms with E-state index in [1.165, 1.54) is 28.2 Å². The number of methoxy groups -OCH3 is 2. The van der Waals surface area contributed by atoms with Crippen molar-refractivity contribution in [1.29, 1.82) is 0 Å². The molecule has 2 heterocycles. The Bertz CT molecular complexity index is 704. The summed E-state index contributed by atoms with van der Waals surface area (Å²) in [6, 6.07) is -0.0772. The van der Waals surface area contributed by atoms with E-state index in [9.17, 15) is 24.9 Å². The van der Waals surface area contributed by atoms with Crippen molar-refractivity contribution in [2.45, 2.75) is 37.8 Å². The van der Waals surface area contributed by atoms with Crippen LogP contribution in [0.25, 0.3) is 0 Å². The van der Waals surface area contributed by atoms with Gasteiger partial charge < -0.3 is 34.8 Å². The predicted molar refractivity (Wildman–Crippen MR) is 83.3 cm³/mol. The summed E-state index contributed by atoms with van der Waals surface area (Å²) in [5.41, 5.74) is -0.926. The molecule has 0 aliphatic carbocycles. The Morgan fingerprint density at radius 3 is 2.40 bits per heavy atom. The molecule has 4 N–H and O–H groups in total. The van der Waals surface area contributed by atoms with Crippen molar-refractivity contribution < 1.29 is 34.3 Å². The molecule has 25 heavy (non-hydrogen) atoms. The number of carbonyl (C=O) groups excluding carboxylic acids is 1. The summed E-state index contributed by atoms with van der Waals surface area (Å²) >= 11 is 0. The number of anilines is 1. The van der Waals surface area contributed by atoms with Crippen LogP contribution in [0.2, 0.25) is 0 Å². The Labute approximate surface area is 142 Å². The second kappa shape index (κ2) is 7.45. The second-order valence-corrected chi connectivity index (χ2v) is 5.52. The molecule has 1 aromatic heterocycles. The summed E-state index contributed by atoms with van der Waals surface area (Å²) in [5, 5.41) is 32.3. The van der Waals surface area contributed by atoms with Crippen LogP contribution in [-0.2, 0) is 16.5 Å². The number of ether oxygens (including phenoxy) is 3. The largest absolute Gasteiger partial charge is 0.468 e. The molecule has 11 nitrogen and oxygen atoms in total. The highest BCUT2D eigenvalue weighted by Crippen LogP contribution is 2.24. The first-order chi connectivity index (χ1) is 11.7. The van der Waals surface area contributed by atoms with E-state index in [2.05, 4.69) is 10.3 Å². The molecule has 1 fully saturated rings. The van der Waals surface area contributed by atoms with Crippen molar-refractivity contribution in [3.63, 3.8) is 0 Å². The normalized spacial score (nSPS) is 29.3. The van der Waals surface area contributed by atoms with Gasteiger partial charge in [-0.2, -0.15) is 4.98 Å². The molecule has 0 saturated carbocycles. The summed E-state index contributed by atoms with van der Waals surface area (Å²) in [5.74, 6) is -0.748. The summed E-state index contributed by atoms with van der Waals surface area (Å²) in [4.78, 5) is 28.2. The molecule has 0 radical (unpaired) electrons. The lowest BCUT2D eigenvalue weighted by Crippen LogP contribution is -2.60. The lowest BCUT2D eigenvalue weighted by molar-refractivity contribution is -0.283. The molecule has 0 bridgehead atoms. The molecule has 0 spiro atoms. The van der Waals surface area contributed by atoms with E-state index < -0.39 is 42.2 Å². The SMILES string of the molecule is COc1nc(N[C@@H]2O[C@@H](OC)[C@@H](O)[C@@H](O)[C@H]2O)c(C(C)=O)c(=O)n1C. The molecule has 1 aliphatic rings. The van der Waals surface area contributed by atoms with Gasteiger partial charge in [0.2, 0.25) is 0 Å². The van der Waals surface area contributed by atoms with Gasteiger partial charge in [-0.05, 0) is 6.92 Å². The predicted octanol–water partition coefficient (Wildman–Crippen LogP) is -2.19. The Morgan fingerprint density at radius 1 is 1.24 bits per heavy atom. The van der Waals surface area contributed by atoms with Gasteiger partial charge in [-0.3, -0.25) is 14.2 Å². The minimum absolute atomic E-state index is 0.0772. The molecule has 140 valence electrons. The second-order valence-electron chi connectivity index (χ2n) is 5.52. The van der Waals surface area contributed by atoms with Crippen molar-refractivity contribution >= 4 is 11.6 Å². The summed E-state index contributed by atoms with van der Waals surface area (Å²) in [7, 11) is 3.93. The van der Waals surface area contributed by atoms with Gasteiger partial charge in [0.25, 0.3) is 5.56 Å². The molecule has 0 amide bonds. The number of ketones is 1. The minimum atomic E-state index is -1.58. The van der Waals surface area contributed by atoms with Crippen molar-refractivity contribution in [3.8, 4) is 6.01 Å². The smallest absolute Gasteiger partial charge is 0.300 e. The van der Waals surface area contributed by atoms with Gasteiger partial charge in [-0.15, -0.1) is 0 Å². The highest BCUT2D eigenvalue weighted by Gasteiger charge is 2.44. The van der Waals surface area contributed by atoms with Gasteiger partial charge in [-0.25, -0.2) is 0 Å². The average Bonchev–Trinajstić information content (AvgIpc) is 2.57. The third kappa shape index (κ3) is 3.50. The summed E-state index contributed by atoms with van der Waals surface area (Å²) in [6.45, 7) is 1.19. The highest BCUT2D eigenvalue weighted by molar-refractivity contribution is 5.98. The van der Waals surface area contributed by atoms with Crippen LogP contribution in [0.15, 0.2) is 4.79 Å². The van der Waals surface area contributed by atoms with E-state index in [-0.39, 0.29) is 17.4 Å². The molecule has 0 unspecified atom stereocenters. The van der Waals surface area contributed by atoms with Gasteiger partial charge >= 0.3 is 6.01 Å². The van der Waals surface area contributed by atoms with Gasteiger partial charge in [-0.1, -0.05) is 0 Å². The quantitative estimate of drug-likeness (QED) is 0.427. The number of aliphatic hydroxyl groups excluding tert-OH is 3. The molecule has 11 heteroatoms. The van der Waals surface area contributed by atoms with E-state index in [1.807, 2.05) is 0 Å². The Kier molecular flexibility index (Phi) is 5.75. The fourth-order valence-corrected chi connectivity index (χ4v) is 2.48. The zero-order chi connectivity index (χ0) is 18.9. The topological polar surface area (TPSA) is 152 Å². The van der Waals surface area contributed by atoms with Crippen molar-refractivity contribution in [3.05, 3.63) is 15.9 Å². The molecule has 5 atom stereocenters. The molecular formula is C14H21N3O8. The van der Waals surface area contributed by atoms with Gasteiger partial charge in [0.1, 0.15) is 29.7 Å². The van der Waals surface area contributed by atoms with Crippen molar-refractivity contribution in [1.82, 2.24) is 9.55 Å². The third-order valence-corrected chi connectivity index (χ3v) is 3.87. The summed E-state index contributed by atoms with van der Waals surface area (Å²) in [6.07, 6.45) is -7.16.